The molecule has 4 heteroatoms. The summed E-state index contributed by atoms with van der Waals surface area (Å²) in [6, 6.07) is 119. The molecule has 0 N–H and O–H groups in total. The van der Waals surface area contributed by atoms with Crippen molar-refractivity contribution in [2.24, 2.45) is 0 Å². The molecule has 0 spiro atoms. The highest BCUT2D eigenvalue weighted by molar-refractivity contribution is 7.99. The third kappa shape index (κ3) is 10.3. The maximum Gasteiger partial charge on any atom is 0.0714 e. The van der Waals surface area contributed by atoms with Crippen LogP contribution in [0.1, 0.15) is 62.9 Å². The summed E-state index contributed by atoms with van der Waals surface area (Å²) in [4.78, 5) is 9.62. The molecule has 2 nitrogen and oxygen atoms in total. The van der Waals surface area contributed by atoms with Crippen molar-refractivity contribution in [2.45, 2.75) is 43.3 Å². The lowest BCUT2D eigenvalue weighted by Crippen LogP contribution is -2.29. The molecule has 94 heavy (non-hydrogen) atoms. The van der Waals surface area contributed by atoms with E-state index in [1.807, 2.05) is 12.2 Å². The topological polar surface area (TPSA) is 6.48 Å². The van der Waals surface area contributed by atoms with Gasteiger partial charge in [-0.2, -0.15) is 0 Å². The van der Waals surface area contributed by atoms with Gasteiger partial charge in [0.1, 0.15) is 0 Å². The van der Waals surface area contributed by atoms with E-state index in [1.54, 1.807) is 23.5 Å². The van der Waals surface area contributed by atoms with E-state index in [0.717, 1.165) is 69.2 Å². The van der Waals surface area contributed by atoms with E-state index in [4.69, 9.17) is 0 Å². The van der Waals surface area contributed by atoms with E-state index in [1.165, 1.54) is 86.4 Å². The molecule has 13 aromatic carbocycles. The van der Waals surface area contributed by atoms with Gasteiger partial charge in [0.25, 0.3) is 0 Å². The fourth-order valence-corrected chi connectivity index (χ4v) is 16.4. The molecule has 3 aliphatic rings. The smallest absolute Gasteiger partial charge is 0.0714 e. The maximum absolute atomic E-state index is 3.96. The third-order valence-corrected chi connectivity index (χ3v) is 21.1. The van der Waals surface area contributed by atoms with E-state index in [2.05, 4.69) is 363 Å². The van der Waals surface area contributed by atoms with Crippen LogP contribution in [0.25, 0.3) is 45.5 Å². The summed E-state index contributed by atoms with van der Waals surface area (Å²) >= 11 is 3.57. The van der Waals surface area contributed by atoms with E-state index in [-0.39, 0.29) is 0 Å². The van der Waals surface area contributed by atoms with Gasteiger partial charge in [0, 0.05) is 53.7 Å². The van der Waals surface area contributed by atoms with Crippen LogP contribution in [-0.2, 0) is 10.8 Å². The summed E-state index contributed by atoms with van der Waals surface area (Å²) in [5, 5.41) is 0. The van der Waals surface area contributed by atoms with Crippen molar-refractivity contribution < 1.29 is 0 Å². The molecule has 0 amide bonds. The molecule has 0 bridgehead atoms. The van der Waals surface area contributed by atoms with E-state index in [9.17, 15) is 0 Å². The molecule has 0 aromatic heterocycles. The molecular weight excluding hydrogens is 1170 g/mol. The monoisotopic (exact) mass is 1240 g/mol. The number of anilines is 6. The Morgan fingerprint density at radius 1 is 0.298 bits per heavy atom. The van der Waals surface area contributed by atoms with Gasteiger partial charge < -0.3 is 9.80 Å². The first-order valence-electron chi connectivity index (χ1n) is 32.3. The highest BCUT2D eigenvalue weighted by Gasteiger charge is 2.48. The second-order valence-corrected chi connectivity index (χ2v) is 26.6. The Bertz CT molecular complexity index is 5000. The Hall–Kier alpha value is -10.9. The van der Waals surface area contributed by atoms with Gasteiger partial charge in [-0.05, 0) is 223 Å². The number of fused-ring (bicyclic) bond motifs is 6. The number of hydrogen-bond donors (Lipinski definition) is 0. The van der Waals surface area contributed by atoms with Gasteiger partial charge in [0.05, 0.1) is 10.8 Å². The molecule has 2 atom stereocenters. The molecule has 16 rings (SSSR count). The van der Waals surface area contributed by atoms with Crippen molar-refractivity contribution in [3.63, 3.8) is 0 Å². The van der Waals surface area contributed by atoms with Crippen molar-refractivity contribution in [1.29, 1.82) is 0 Å². The number of benzene rings is 13. The lowest BCUT2D eigenvalue weighted by atomic mass is 9.66. The molecule has 1 unspecified atom stereocenters. The average Bonchev–Trinajstić information content (AvgIpc) is 1.54. The van der Waals surface area contributed by atoms with E-state index in [0.29, 0.717) is 0 Å². The van der Waals surface area contributed by atoms with Crippen LogP contribution in [0.5, 0.6) is 0 Å². The van der Waals surface area contributed by atoms with Gasteiger partial charge in [-0.25, -0.2) is 0 Å². The van der Waals surface area contributed by atoms with Crippen LogP contribution in [-0.4, -0.2) is 0 Å². The number of nitrogens with zero attached hydrogens (tertiary/aromatic N) is 2. The second-order valence-electron chi connectivity index (χ2n) is 24.3. The number of rotatable bonds is 17. The van der Waals surface area contributed by atoms with Crippen LogP contribution in [0.4, 0.5) is 34.1 Å². The molecule has 0 fully saturated rings. The minimum Gasteiger partial charge on any atom is -0.310 e. The zero-order valence-electron chi connectivity index (χ0n) is 52.0. The lowest BCUT2D eigenvalue weighted by molar-refractivity contribution is 0.750. The summed E-state index contributed by atoms with van der Waals surface area (Å²) in [7, 11) is 0. The van der Waals surface area contributed by atoms with Crippen molar-refractivity contribution in [3.05, 3.63) is 409 Å². The summed E-state index contributed by atoms with van der Waals surface area (Å²) in [6.45, 7) is 7.91. The van der Waals surface area contributed by atoms with Gasteiger partial charge in [0.15, 0.2) is 0 Å². The number of para-hydroxylation sites is 2. The van der Waals surface area contributed by atoms with E-state index >= 15 is 0 Å². The molecule has 448 valence electrons. The predicted octanol–water partition coefficient (Wildman–Crippen LogP) is 24.8. The van der Waals surface area contributed by atoms with Crippen molar-refractivity contribution >= 4 is 69.8 Å². The molecule has 13 aromatic rings. The van der Waals surface area contributed by atoms with Crippen molar-refractivity contribution in [2.75, 3.05) is 9.80 Å². The molecule has 0 saturated heterocycles. The quantitative estimate of drug-likeness (QED) is 0.0896. The Morgan fingerprint density at radius 2 is 0.649 bits per heavy atom. The molecule has 0 aliphatic heterocycles. The molecule has 3 aliphatic carbocycles. The predicted molar refractivity (Wildman–Crippen MR) is 398 cm³/mol. The Labute approximate surface area is 560 Å². The fraction of sp³-hybridized carbons (Fsp3) is 0.0444. The molecule has 0 heterocycles. The van der Waals surface area contributed by atoms with Crippen molar-refractivity contribution in [1.82, 2.24) is 0 Å². The molecular formula is C90H66N2S2. The fourth-order valence-electron chi connectivity index (χ4n) is 14.8. The zero-order chi connectivity index (χ0) is 63.0. The van der Waals surface area contributed by atoms with Crippen LogP contribution in [0, 0.1) is 0 Å². The summed E-state index contributed by atoms with van der Waals surface area (Å²) in [5.74, 6) is 0. The van der Waals surface area contributed by atoms with Gasteiger partial charge >= 0.3 is 0 Å². The third-order valence-electron chi connectivity index (χ3n) is 19.1. The first kappa shape index (κ1) is 58.2. The van der Waals surface area contributed by atoms with Gasteiger partial charge in [-0.3, -0.25) is 0 Å². The summed E-state index contributed by atoms with van der Waals surface area (Å²) < 4.78 is 0. The van der Waals surface area contributed by atoms with E-state index < -0.39 is 10.8 Å². The van der Waals surface area contributed by atoms with Crippen molar-refractivity contribution in [3.8, 4) is 33.4 Å². The van der Waals surface area contributed by atoms with Gasteiger partial charge in [0.2, 0.25) is 0 Å². The summed E-state index contributed by atoms with van der Waals surface area (Å²) in [5.41, 5.74) is 25.2. The number of hydrogen-bond acceptors (Lipinski definition) is 4. The zero-order valence-corrected chi connectivity index (χ0v) is 53.7. The van der Waals surface area contributed by atoms with Gasteiger partial charge in [-0.1, -0.05) is 267 Å². The normalized spacial score (nSPS) is 15.6. The Kier molecular flexibility index (Phi) is 15.5. The van der Waals surface area contributed by atoms with Crippen LogP contribution in [0.2, 0.25) is 0 Å². The largest absolute Gasteiger partial charge is 0.310 e. The first-order valence-corrected chi connectivity index (χ1v) is 34.0. The summed E-state index contributed by atoms with van der Waals surface area (Å²) in [6.07, 6.45) is 13.1. The van der Waals surface area contributed by atoms with Gasteiger partial charge in [-0.15, -0.1) is 0 Å². The standard InChI is InChI=1S/C90H66N2S2/c1-3-63-33-51-77(52-34-63)93-79-55-41-69(42-56-79)89(67-21-9-5-10-22-67)85-31-19-17-29-81(85)83-59-49-75(61-87(83)89)91(71-25-13-7-14-26-71)73-45-37-65(38-46-73)66-39-47-74(48-40-66)92(72-27-15-8-16-28-72)76-50-60-84-82-30-18-20-32-86(82)90(88(84)62-76,68-23-11-6-12-24-68)70-43-57-80(58-44-70)94-78-53-35-64(4-2)36-54-78/h3-5,7-11,13-62H,1-2,6,12H2/t89-,90?/m0/s1. The minimum atomic E-state index is -0.583. The highest BCUT2D eigenvalue weighted by Crippen LogP contribution is 2.60. The second kappa shape index (κ2) is 25.0. The Morgan fingerprint density at radius 3 is 1.09 bits per heavy atom. The maximum atomic E-state index is 3.96. The molecule has 0 saturated carbocycles. The Balaban J connectivity index is 0.748. The average molecular weight is 1240 g/mol. The highest BCUT2D eigenvalue weighted by atomic mass is 32.2. The first-order chi connectivity index (χ1) is 46.5. The van der Waals surface area contributed by atoms with Crippen LogP contribution < -0.4 is 9.80 Å². The minimum absolute atomic E-state index is 0.534. The van der Waals surface area contributed by atoms with Crippen LogP contribution in [0.15, 0.2) is 378 Å². The van der Waals surface area contributed by atoms with Crippen LogP contribution in [0.3, 0.4) is 0 Å². The number of allylic oxidation sites excluding steroid dienone is 4. The molecule has 0 radical (unpaired) electrons. The van der Waals surface area contributed by atoms with Crippen LogP contribution >= 0.6 is 23.5 Å². The lowest BCUT2D eigenvalue weighted by Gasteiger charge is -2.36. The SMILES string of the molecule is C=Cc1ccc(Sc2ccc(C3(C4=CCCC=C4)c4ccccc4-c4ccc(N(c5ccccc5)c5ccc(-c6ccc(N(c7ccccc7)c7ccc8c(c7)[C@@](c7ccccc7)(c7ccc(Sc9ccc(C=C)cc9)cc7)c7ccccc7-8)cc6)cc5)cc43)cc2)cc1.